The summed E-state index contributed by atoms with van der Waals surface area (Å²) in [4.78, 5) is 0. The summed E-state index contributed by atoms with van der Waals surface area (Å²) < 4.78 is 29.1. The summed E-state index contributed by atoms with van der Waals surface area (Å²) in [7, 11) is -3.50. The minimum Gasteiger partial charge on any atom is -0.387 e. The molecule has 13 N–H and O–H groups in total. The van der Waals surface area contributed by atoms with Gasteiger partial charge in [-0.15, -0.1) is 11.8 Å². The number of hydrogen-bond donors (Lipinski definition) is 9. The van der Waals surface area contributed by atoms with Gasteiger partial charge >= 0.3 is 0 Å². The Kier molecular flexibility index (Phi) is 7.77. The van der Waals surface area contributed by atoms with Crippen LogP contribution in [-0.2, 0) is 14.8 Å². The molecule has 5 aliphatic rings. The van der Waals surface area contributed by atoms with E-state index in [0.717, 1.165) is 38.6 Å². The van der Waals surface area contributed by atoms with Crippen LogP contribution in [0.1, 0.15) is 38.5 Å². The van der Waals surface area contributed by atoms with Crippen molar-refractivity contribution in [1.29, 1.82) is 0 Å². The zero-order valence-corrected chi connectivity index (χ0v) is 21.3. The summed E-state index contributed by atoms with van der Waals surface area (Å²) in [6.07, 6.45) is 4.70. The first-order valence-corrected chi connectivity index (χ1v) is 15.2. The van der Waals surface area contributed by atoms with Crippen LogP contribution in [0, 0.1) is 5.92 Å². The summed E-state index contributed by atoms with van der Waals surface area (Å²) in [5.74, 6) is 0.536. The van der Waals surface area contributed by atoms with Crippen molar-refractivity contribution in [2.45, 2.75) is 90.8 Å². The van der Waals surface area contributed by atoms with E-state index >= 15 is 0 Å². The first-order chi connectivity index (χ1) is 16.2. The third kappa shape index (κ3) is 5.73. The Morgan fingerprint density at radius 2 is 2.12 bits per heavy atom. The molecular formula is C20H42N8O4S2+2. The topological polar surface area (TPSA) is 194 Å². The maximum Gasteiger partial charge on any atom is 0.221 e. The molecule has 4 heterocycles. The maximum absolute atomic E-state index is 11.6. The molecule has 14 heteroatoms. The molecule has 34 heavy (non-hydrogen) atoms. The van der Waals surface area contributed by atoms with Crippen LogP contribution in [0.15, 0.2) is 0 Å². The number of sulfonamides is 1. The van der Waals surface area contributed by atoms with E-state index in [1.54, 1.807) is 0 Å². The van der Waals surface area contributed by atoms with Crippen molar-refractivity contribution >= 4 is 21.8 Å². The summed E-state index contributed by atoms with van der Waals surface area (Å²) >= 11 is 1.43. The Bertz CT molecular complexity index is 824. The molecule has 1 aliphatic carbocycles. The van der Waals surface area contributed by atoms with E-state index in [2.05, 4.69) is 37.6 Å². The second kappa shape index (κ2) is 10.3. The summed E-state index contributed by atoms with van der Waals surface area (Å²) in [5, 5.41) is 36.6. The number of ether oxygens (including phenoxy) is 1. The van der Waals surface area contributed by atoms with E-state index in [-0.39, 0.29) is 30.0 Å². The molecular weight excluding hydrogens is 480 g/mol. The van der Waals surface area contributed by atoms with Crippen LogP contribution in [0.4, 0.5) is 0 Å². The van der Waals surface area contributed by atoms with Crippen molar-refractivity contribution in [2.24, 2.45) is 11.1 Å². The first-order valence-electron chi connectivity index (χ1n) is 12.6. The fourth-order valence-electron chi connectivity index (χ4n) is 6.39. The summed E-state index contributed by atoms with van der Waals surface area (Å²) in [6.45, 7) is 2.60. The molecule has 196 valence electrons. The van der Waals surface area contributed by atoms with Crippen molar-refractivity contribution < 1.29 is 29.3 Å². The second-order valence-electron chi connectivity index (χ2n) is 10.7. The molecule has 5 fully saturated rings. The molecule has 1 saturated carbocycles. The summed E-state index contributed by atoms with van der Waals surface area (Å²) in [6, 6.07) is 1.25. The molecule has 5 rings (SSSR count). The largest absolute Gasteiger partial charge is 0.387 e. The Hall–Kier alpha value is -0.100. The lowest BCUT2D eigenvalue weighted by Crippen LogP contribution is -2.95. The monoisotopic (exact) mass is 522 g/mol. The van der Waals surface area contributed by atoms with Crippen LogP contribution in [0.25, 0.3) is 0 Å². The number of fused-ring (bicyclic) bond motifs is 2. The van der Waals surface area contributed by atoms with Gasteiger partial charge in [-0.05, 0) is 25.7 Å². The van der Waals surface area contributed by atoms with Crippen molar-refractivity contribution in [3.63, 3.8) is 0 Å². The lowest BCUT2D eigenvalue weighted by Gasteiger charge is -2.43. The minimum absolute atomic E-state index is 0.0322. The zero-order chi connectivity index (χ0) is 23.9. The van der Waals surface area contributed by atoms with Crippen molar-refractivity contribution in [2.75, 3.05) is 26.4 Å². The van der Waals surface area contributed by atoms with Gasteiger partial charge in [0.25, 0.3) is 0 Å². The molecule has 0 aromatic heterocycles. The van der Waals surface area contributed by atoms with E-state index in [9.17, 15) is 13.5 Å². The quantitative estimate of drug-likeness (QED) is 0.149. The molecule has 10 atom stereocenters. The number of hydrogen-bond acceptors (Lipinski definition) is 10. The smallest absolute Gasteiger partial charge is 0.221 e. The number of rotatable bonds is 8. The zero-order valence-electron chi connectivity index (χ0n) is 19.6. The van der Waals surface area contributed by atoms with Crippen LogP contribution in [0.3, 0.4) is 0 Å². The lowest BCUT2D eigenvalue weighted by atomic mass is 9.75. The molecule has 0 spiro atoms. The highest BCUT2D eigenvalue weighted by atomic mass is 32.3. The molecule has 0 aromatic carbocycles. The van der Waals surface area contributed by atoms with E-state index < -0.39 is 20.2 Å². The van der Waals surface area contributed by atoms with Crippen LogP contribution in [0.2, 0.25) is 0 Å². The van der Waals surface area contributed by atoms with Gasteiger partial charge in [0, 0.05) is 37.2 Å². The van der Waals surface area contributed by atoms with Crippen LogP contribution in [0.5, 0.6) is 0 Å². The predicted octanol–water partition coefficient (Wildman–Crippen LogP) is -4.77. The van der Waals surface area contributed by atoms with Gasteiger partial charge in [0.05, 0.1) is 30.5 Å². The van der Waals surface area contributed by atoms with Crippen molar-refractivity contribution in [3.05, 3.63) is 0 Å². The number of nitrogens with one attached hydrogen (secondary N) is 5. The molecule has 12 nitrogen and oxygen atoms in total. The highest BCUT2D eigenvalue weighted by molar-refractivity contribution is 8.13. The number of nitrogens with two attached hydrogens (primary N) is 2. The average molecular weight is 523 g/mol. The van der Waals surface area contributed by atoms with Crippen molar-refractivity contribution in [1.82, 2.24) is 26.6 Å². The molecule has 4 saturated heterocycles. The van der Waals surface area contributed by atoms with Gasteiger partial charge in [-0.2, -0.15) is 0 Å². The van der Waals surface area contributed by atoms with Crippen LogP contribution >= 0.6 is 11.8 Å². The normalized spacial score (nSPS) is 47.0. The molecule has 0 radical (unpaired) electrons. The van der Waals surface area contributed by atoms with Gasteiger partial charge in [-0.25, -0.2) is 13.6 Å². The number of quaternary nitrogens is 2. The number of thioether (sulfide) groups is 1. The highest BCUT2D eigenvalue weighted by Crippen LogP contribution is 2.37. The molecule has 4 aliphatic heterocycles. The van der Waals surface area contributed by atoms with Gasteiger partial charge in [0.2, 0.25) is 10.0 Å². The SMILES string of the molecule is NS(=O)(=O)C1CCC(CNC2NC3NCNC3C(OC[C@@]3(O)CC[C@@H]4[NH2+][C@@H](C[NH3+])C[C@@H]4C3)N2)S1. The average Bonchev–Trinajstić information content (AvgIpc) is 3.54. The van der Waals surface area contributed by atoms with Crippen LogP contribution < -0.4 is 42.8 Å². The minimum atomic E-state index is -3.50. The van der Waals surface area contributed by atoms with E-state index in [4.69, 9.17) is 9.88 Å². The van der Waals surface area contributed by atoms with Crippen molar-refractivity contribution in [3.8, 4) is 0 Å². The third-order valence-corrected chi connectivity index (χ3v) is 11.7. The van der Waals surface area contributed by atoms with Gasteiger partial charge in [-0.1, -0.05) is 0 Å². The third-order valence-electron chi connectivity index (χ3n) is 8.22. The Labute approximate surface area is 205 Å². The van der Waals surface area contributed by atoms with Gasteiger partial charge in [0.1, 0.15) is 29.7 Å². The fourth-order valence-corrected chi connectivity index (χ4v) is 9.11. The Morgan fingerprint density at radius 1 is 1.26 bits per heavy atom. The van der Waals surface area contributed by atoms with E-state index in [1.165, 1.54) is 11.8 Å². The van der Waals surface area contributed by atoms with E-state index in [0.29, 0.717) is 44.2 Å². The predicted molar refractivity (Wildman–Crippen MR) is 128 cm³/mol. The lowest BCUT2D eigenvalue weighted by molar-refractivity contribution is -0.719. The second-order valence-corrected chi connectivity index (χ2v) is 14.3. The molecule has 0 aromatic rings. The number of primary sulfonamides is 1. The first kappa shape index (κ1) is 25.5. The van der Waals surface area contributed by atoms with Gasteiger partial charge in [0.15, 0.2) is 0 Å². The standard InChI is InChI=1S/C20H40N8O4S2/c21-7-12-5-11-6-20(29,4-3-14(11)26-12)9-32-18-16-17(25-10-24-16)27-19(28-18)23-8-13-1-2-15(33-13)34(22,30)31/h11-19,23-29H,1-10,21H2,(H2,22,30,31)/p+2/t11-,12-,13?,14+,15?,16?,17?,18?,19?,20-/m1/s1. The van der Waals surface area contributed by atoms with Gasteiger partial charge < -0.3 is 20.9 Å². The molecule has 0 bridgehead atoms. The van der Waals surface area contributed by atoms with Crippen LogP contribution in [-0.4, -0.2) is 92.1 Å². The number of aliphatic hydroxyl groups is 1. The molecule has 6 unspecified atom stereocenters. The highest BCUT2D eigenvalue weighted by Gasteiger charge is 2.48. The summed E-state index contributed by atoms with van der Waals surface area (Å²) in [5.41, 5.74) is 3.28. The Balaban J connectivity index is 1.13. The Morgan fingerprint density at radius 3 is 2.88 bits per heavy atom. The fraction of sp³-hybridized carbons (Fsp3) is 1.00. The van der Waals surface area contributed by atoms with Gasteiger partial charge in [-0.3, -0.25) is 26.6 Å². The van der Waals surface area contributed by atoms with E-state index in [1.807, 2.05) is 0 Å². The maximum atomic E-state index is 11.6. The molecule has 0 amide bonds.